The fraction of sp³-hybridized carbons (Fsp3) is 0.318. The van der Waals surface area contributed by atoms with E-state index in [-0.39, 0.29) is 12.5 Å². The number of fused-ring (bicyclic) bond motifs is 1. The number of ether oxygens (including phenoxy) is 1. The summed E-state index contributed by atoms with van der Waals surface area (Å²) >= 11 is 3.38. The number of rotatable bonds is 5. The minimum atomic E-state index is -0.458. The first-order valence-electron chi connectivity index (χ1n) is 9.66. The first-order chi connectivity index (χ1) is 14.2. The van der Waals surface area contributed by atoms with E-state index in [4.69, 9.17) is 4.74 Å². The normalized spacial score (nSPS) is 15.6. The topological polar surface area (TPSA) is 59.0 Å². The van der Waals surface area contributed by atoms with Gasteiger partial charge in [0.2, 0.25) is 0 Å². The predicted molar refractivity (Wildman–Crippen MR) is 120 cm³/mol. The third-order valence-electron chi connectivity index (χ3n) is 4.88. The molecule has 0 radical (unpaired) electrons. The third kappa shape index (κ3) is 4.85. The molecule has 0 aromatic heterocycles. The lowest BCUT2D eigenvalue weighted by Gasteiger charge is -2.29. The summed E-state index contributed by atoms with van der Waals surface area (Å²) in [6.45, 7) is 1.26. The highest BCUT2D eigenvalue weighted by molar-refractivity contribution is 8.38. The van der Waals surface area contributed by atoms with Crippen LogP contribution in [0.2, 0.25) is 0 Å². The minimum Gasteiger partial charge on any atom is -0.452 e. The van der Waals surface area contributed by atoms with Crippen molar-refractivity contribution in [3.63, 3.8) is 0 Å². The smallest absolute Gasteiger partial charge is 0.338 e. The lowest BCUT2D eigenvalue weighted by molar-refractivity contribution is -0.121. The van der Waals surface area contributed by atoms with Gasteiger partial charge in [-0.2, -0.15) is 0 Å². The molecule has 0 fully saturated rings. The Kier molecular flexibility index (Phi) is 6.56. The van der Waals surface area contributed by atoms with Gasteiger partial charge in [0, 0.05) is 23.7 Å². The first-order valence-corrected chi connectivity index (χ1v) is 11.6. The fourth-order valence-electron chi connectivity index (χ4n) is 3.46. The van der Waals surface area contributed by atoms with Crippen molar-refractivity contribution < 1.29 is 14.3 Å². The van der Waals surface area contributed by atoms with Crippen LogP contribution in [0.1, 0.15) is 27.9 Å². The van der Waals surface area contributed by atoms with Crippen LogP contribution in [0, 0.1) is 0 Å². The molecule has 1 amide bonds. The molecule has 0 aliphatic carbocycles. The summed E-state index contributed by atoms with van der Waals surface area (Å²) in [6.07, 6.45) is 1.88. The van der Waals surface area contributed by atoms with Gasteiger partial charge in [-0.15, -0.1) is 0 Å². The van der Waals surface area contributed by atoms with Crippen LogP contribution in [0.15, 0.2) is 53.5 Å². The van der Waals surface area contributed by atoms with Crippen molar-refractivity contribution in [1.82, 2.24) is 0 Å². The van der Waals surface area contributed by atoms with Crippen LogP contribution in [-0.2, 0) is 21.7 Å². The number of aryl methyl sites for hydroxylation is 1. The number of hydrogen-bond acceptors (Lipinski definition) is 6. The SMILES string of the molecule is O=C(OCC(=O)N1CCCc2ccccc21)c1ccccc1CSC1=NCCS1. The van der Waals surface area contributed by atoms with Crippen molar-refractivity contribution in [3.05, 3.63) is 65.2 Å². The monoisotopic (exact) mass is 426 g/mol. The Hall–Kier alpha value is -2.25. The summed E-state index contributed by atoms with van der Waals surface area (Å²) < 4.78 is 6.46. The summed E-state index contributed by atoms with van der Waals surface area (Å²) in [7, 11) is 0. The van der Waals surface area contributed by atoms with Crippen molar-refractivity contribution in [3.8, 4) is 0 Å². The number of para-hydroxylation sites is 1. The predicted octanol–water partition coefficient (Wildman–Crippen LogP) is 4.16. The Morgan fingerprint density at radius 3 is 2.83 bits per heavy atom. The molecular formula is C22H22N2O3S2. The highest BCUT2D eigenvalue weighted by atomic mass is 32.2. The van der Waals surface area contributed by atoms with Crippen LogP contribution in [0.5, 0.6) is 0 Å². The Morgan fingerprint density at radius 2 is 1.97 bits per heavy atom. The van der Waals surface area contributed by atoms with Gasteiger partial charge in [0.25, 0.3) is 5.91 Å². The molecule has 2 aliphatic rings. The van der Waals surface area contributed by atoms with E-state index < -0.39 is 5.97 Å². The second kappa shape index (κ2) is 9.50. The van der Waals surface area contributed by atoms with Crippen LogP contribution in [-0.4, -0.2) is 41.7 Å². The largest absolute Gasteiger partial charge is 0.452 e. The average Bonchev–Trinajstić information content (AvgIpc) is 3.29. The molecule has 7 heteroatoms. The van der Waals surface area contributed by atoms with Gasteiger partial charge in [0.15, 0.2) is 6.61 Å². The van der Waals surface area contributed by atoms with Crippen LogP contribution in [0.25, 0.3) is 0 Å². The van der Waals surface area contributed by atoms with E-state index in [0.29, 0.717) is 17.9 Å². The summed E-state index contributed by atoms with van der Waals surface area (Å²) in [6, 6.07) is 15.3. The molecule has 0 saturated heterocycles. The van der Waals surface area contributed by atoms with Crippen LogP contribution in [0.4, 0.5) is 5.69 Å². The lowest BCUT2D eigenvalue weighted by atomic mass is 10.0. The lowest BCUT2D eigenvalue weighted by Crippen LogP contribution is -2.38. The Bertz CT molecular complexity index is 945. The van der Waals surface area contributed by atoms with E-state index in [0.717, 1.165) is 46.3 Å². The number of carbonyl (C=O) groups is 2. The van der Waals surface area contributed by atoms with Gasteiger partial charge in [0.1, 0.15) is 4.38 Å². The molecule has 150 valence electrons. The average molecular weight is 427 g/mol. The molecule has 0 spiro atoms. The summed E-state index contributed by atoms with van der Waals surface area (Å²) in [4.78, 5) is 31.5. The number of nitrogens with zero attached hydrogens (tertiary/aromatic N) is 2. The zero-order valence-corrected chi connectivity index (χ0v) is 17.6. The van der Waals surface area contributed by atoms with Gasteiger partial charge in [0.05, 0.1) is 12.1 Å². The van der Waals surface area contributed by atoms with Gasteiger partial charge in [-0.3, -0.25) is 9.79 Å². The summed E-state index contributed by atoms with van der Waals surface area (Å²) in [5, 5.41) is 0. The van der Waals surface area contributed by atoms with Gasteiger partial charge in [-0.25, -0.2) is 4.79 Å². The second-order valence-electron chi connectivity index (χ2n) is 6.80. The number of carbonyl (C=O) groups excluding carboxylic acids is 2. The maximum absolute atomic E-state index is 12.7. The van der Waals surface area contributed by atoms with E-state index in [1.54, 1.807) is 34.5 Å². The summed E-state index contributed by atoms with van der Waals surface area (Å²) in [5.74, 6) is 1.04. The van der Waals surface area contributed by atoms with Crippen LogP contribution >= 0.6 is 23.5 Å². The second-order valence-corrected chi connectivity index (χ2v) is 9.10. The quantitative estimate of drug-likeness (QED) is 0.672. The maximum Gasteiger partial charge on any atom is 0.338 e. The van der Waals surface area contributed by atoms with Crippen LogP contribution in [0.3, 0.4) is 0 Å². The first kappa shape index (κ1) is 20.0. The van der Waals surface area contributed by atoms with E-state index in [1.807, 2.05) is 42.5 Å². The van der Waals surface area contributed by atoms with Crippen molar-refractivity contribution >= 4 is 45.5 Å². The van der Waals surface area contributed by atoms with Crippen LogP contribution < -0.4 is 4.90 Å². The molecule has 2 aliphatic heterocycles. The molecular weight excluding hydrogens is 404 g/mol. The van der Waals surface area contributed by atoms with Gasteiger partial charge < -0.3 is 9.64 Å². The minimum absolute atomic E-state index is 0.186. The Balaban J connectivity index is 1.38. The molecule has 2 aromatic carbocycles. The van der Waals surface area contributed by atoms with Crippen molar-refractivity contribution in [1.29, 1.82) is 0 Å². The molecule has 0 atom stereocenters. The molecule has 29 heavy (non-hydrogen) atoms. The Labute approximate surface area is 178 Å². The molecule has 2 aromatic rings. The van der Waals surface area contributed by atoms with Crippen molar-refractivity contribution in [2.24, 2.45) is 4.99 Å². The zero-order valence-electron chi connectivity index (χ0n) is 16.0. The van der Waals surface area contributed by atoms with E-state index in [9.17, 15) is 9.59 Å². The molecule has 5 nitrogen and oxygen atoms in total. The molecule has 0 bridgehead atoms. The number of aliphatic imine (C=N–C) groups is 1. The van der Waals surface area contributed by atoms with E-state index >= 15 is 0 Å². The van der Waals surface area contributed by atoms with E-state index in [1.165, 1.54) is 0 Å². The number of hydrogen-bond donors (Lipinski definition) is 0. The van der Waals surface area contributed by atoms with Crippen molar-refractivity contribution in [2.45, 2.75) is 18.6 Å². The molecule has 0 unspecified atom stereocenters. The highest BCUT2D eigenvalue weighted by Gasteiger charge is 2.23. The number of anilines is 1. The van der Waals surface area contributed by atoms with Gasteiger partial charge in [-0.1, -0.05) is 59.9 Å². The molecule has 0 saturated carbocycles. The third-order valence-corrected chi connectivity index (χ3v) is 7.19. The summed E-state index contributed by atoms with van der Waals surface area (Å²) in [5.41, 5.74) is 3.49. The zero-order chi connectivity index (χ0) is 20.1. The fourth-order valence-corrected chi connectivity index (χ4v) is 5.48. The molecule has 2 heterocycles. The number of amides is 1. The maximum atomic E-state index is 12.7. The standard InChI is InChI=1S/C22H22N2O3S2/c25-20(24-12-5-8-16-6-2-4-10-19(16)24)14-27-21(26)18-9-3-1-7-17(18)15-29-22-23-11-13-28-22/h1-4,6-7,9-10H,5,8,11-15H2. The number of esters is 1. The Morgan fingerprint density at radius 1 is 1.14 bits per heavy atom. The number of thioether (sulfide) groups is 2. The van der Waals surface area contributed by atoms with Gasteiger partial charge in [-0.05, 0) is 36.1 Å². The van der Waals surface area contributed by atoms with E-state index in [2.05, 4.69) is 4.99 Å². The highest BCUT2D eigenvalue weighted by Crippen LogP contribution is 2.28. The van der Waals surface area contributed by atoms with Gasteiger partial charge >= 0.3 is 5.97 Å². The molecule has 0 N–H and O–H groups in total. The number of benzene rings is 2. The molecule has 4 rings (SSSR count). The van der Waals surface area contributed by atoms with Crippen molar-refractivity contribution in [2.75, 3.05) is 30.3 Å².